The predicted octanol–water partition coefficient (Wildman–Crippen LogP) is 2.49. The molecular weight excluding hydrogens is 343 g/mol. The van der Waals surface area contributed by atoms with Crippen LogP contribution in [-0.2, 0) is 0 Å². The van der Waals surface area contributed by atoms with Gasteiger partial charge in [-0.2, -0.15) is 4.52 Å². The summed E-state index contributed by atoms with van der Waals surface area (Å²) in [5.74, 6) is 0.382. The molecule has 0 spiro atoms. The Morgan fingerprint density at radius 2 is 1.92 bits per heavy atom. The minimum absolute atomic E-state index is 0.0704. The van der Waals surface area contributed by atoms with E-state index in [-0.39, 0.29) is 23.8 Å². The van der Waals surface area contributed by atoms with Gasteiger partial charge < -0.3 is 10.2 Å². The average molecular weight is 362 g/mol. The summed E-state index contributed by atoms with van der Waals surface area (Å²) in [6.07, 6.45) is 1.07. The Morgan fingerprint density at radius 1 is 1.24 bits per heavy atom. The number of halogens is 1. The van der Waals surface area contributed by atoms with Crippen LogP contribution < -0.4 is 0 Å². The van der Waals surface area contributed by atoms with Crippen molar-refractivity contribution >= 4 is 16.3 Å². The minimum atomic E-state index is -0.293. The number of hydrogen-bond donors (Lipinski definition) is 2. The van der Waals surface area contributed by atoms with Crippen LogP contribution >= 0.6 is 11.3 Å². The molecule has 6 nitrogen and oxygen atoms in total. The largest absolute Gasteiger partial charge is 0.492 e. The standard InChI is InChI=1S/C17H19FN4O2S/c1-10-19-17-22(20-10)16(24)15(25-17)14(11-2-4-12(18)5-3-11)21-8-6-13(23)7-9-21/h2-5,13-14,23-24H,6-9H2,1H3. The summed E-state index contributed by atoms with van der Waals surface area (Å²) >= 11 is 1.39. The van der Waals surface area contributed by atoms with Gasteiger partial charge in [0.25, 0.3) is 0 Å². The van der Waals surface area contributed by atoms with Crippen LogP contribution in [0, 0.1) is 12.7 Å². The number of piperidine rings is 1. The number of aryl methyl sites for hydroxylation is 1. The van der Waals surface area contributed by atoms with Gasteiger partial charge in [-0.3, -0.25) is 4.90 Å². The molecule has 1 aromatic carbocycles. The van der Waals surface area contributed by atoms with Crippen molar-refractivity contribution in [2.75, 3.05) is 13.1 Å². The zero-order chi connectivity index (χ0) is 17.6. The number of nitrogens with zero attached hydrogens (tertiary/aromatic N) is 4. The maximum absolute atomic E-state index is 13.4. The average Bonchev–Trinajstić information content (AvgIpc) is 3.09. The Balaban J connectivity index is 1.79. The van der Waals surface area contributed by atoms with Gasteiger partial charge in [0.2, 0.25) is 10.8 Å². The maximum Gasteiger partial charge on any atom is 0.230 e. The summed E-state index contributed by atoms with van der Waals surface area (Å²) in [4.78, 5) is 7.91. The van der Waals surface area contributed by atoms with E-state index >= 15 is 0 Å². The summed E-state index contributed by atoms with van der Waals surface area (Å²) in [5, 5.41) is 24.7. The molecule has 1 fully saturated rings. The number of aliphatic hydroxyl groups is 1. The fourth-order valence-corrected chi connectivity index (χ4v) is 4.51. The van der Waals surface area contributed by atoms with E-state index in [2.05, 4.69) is 15.0 Å². The van der Waals surface area contributed by atoms with Gasteiger partial charge in [0.15, 0.2) is 0 Å². The number of benzene rings is 1. The van der Waals surface area contributed by atoms with Gasteiger partial charge in [0.05, 0.1) is 17.0 Å². The molecule has 25 heavy (non-hydrogen) atoms. The highest BCUT2D eigenvalue weighted by Crippen LogP contribution is 2.40. The fourth-order valence-electron chi connectivity index (χ4n) is 3.34. The molecule has 4 rings (SSSR count). The van der Waals surface area contributed by atoms with E-state index in [1.165, 1.54) is 28.0 Å². The molecule has 3 aromatic rings. The summed E-state index contributed by atoms with van der Waals surface area (Å²) < 4.78 is 14.8. The van der Waals surface area contributed by atoms with E-state index in [1.54, 1.807) is 19.1 Å². The predicted molar refractivity (Wildman–Crippen MR) is 92.3 cm³/mol. The Kier molecular flexibility index (Phi) is 4.18. The SMILES string of the molecule is Cc1nc2sc(C(c3ccc(F)cc3)N3CCC(O)CC3)c(O)n2n1. The topological polar surface area (TPSA) is 73.9 Å². The third-order valence-corrected chi connectivity index (χ3v) is 5.68. The molecule has 3 heterocycles. The zero-order valence-corrected chi connectivity index (χ0v) is 14.6. The summed E-state index contributed by atoms with van der Waals surface area (Å²) in [5.41, 5.74) is 0.898. The van der Waals surface area contributed by atoms with Crippen molar-refractivity contribution in [3.63, 3.8) is 0 Å². The van der Waals surface area contributed by atoms with E-state index in [0.29, 0.717) is 36.7 Å². The van der Waals surface area contributed by atoms with Gasteiger partial charge in [0, 0.05) is 13.1 Å². The van der Waals surface area contributed by atoms with Crippen LogP contribution in [0.3, 0.4) is 0 Å². The van der Waals surface area contributed by atoms with Crippen molar-refractivity contribution in [3.8, 4) is 5.88 Å². The number of hydrogen-bond acceptors (Lipinski definition) is 6. The van der Waals surface area contributed by atoms with Gasteiger partial charge in [-0.25, -0.2) is 9.37 Å². The van der Waals surface area contributed by atoms with Crippen LogP contribution in [0.2, 0.25) is 0 Å². The lowest BCUT2D eigenvalue weighted by atomic mass is 9.99. The Hall–Kier alpha value is -2.03. The van der Waals surface area contributed by atoms with E-state index in [4.69, 9.17) is 0 Å². The Morgan fingerprint density at radius 3 is 2.56 bits per heavy atom. The molecule has 0 aliphatic carbocycles. The zero-order valence-electron chi connectivity index (χ0n) is 13.8. The molecule has 0 amide bonds. The van der Waals surface area contributed by atoms with Crippen LogP contribution in [0.5, 0.6) is 5.88 Å². The molecule has 2 N–H and O–H groups in total. The van der Waals surface area contributed by atoms with Gasteiger partial charge >= 0.3 is 0 Å². The first-order chi connectivity index (χ1) is 12.0. The maximum atomic E-state index is 13.4. The number of aromatic hydroxyl groups is 1. The van der Waals surface area contributed by atoms with Crippen LogP contribution in [0.25, 0.3) is 4.96 Å². The van der Waals surface area contributed by atoms with E-state index in [1.807, 2.05) is 0 Å². The smallest absolute Gasteiger partial charge is 0.230 e. The van der Waals surface area contributed by atoms with Crippen molar-refractivity contribution in [2.45, 2.75) is 31.9 Å². The number of likely N-dealkylation sites (tertiary alicyclic amines) is 1. The van der Waals surface area contributed by atoms with Crippen molar-refractivity contribution in [1.29, 1.82) is 0 Å². The Bertz CT molecular complexity index is 884. The Labute approximate surface area is 148 Å². The van der Waals surface area contributed by atoms with Crippen LogP contribution in [0.4, 0.5) is 4.39 Å². The summed E-state index contributed by atoms with van der Waals surface area (Å²) in [7, 11) is 0. The highest BCUT2D eigenvalue weighted by Gasteiger charge is 2.31. The lowest BCUT2D eigenvalue weighted by Gasteiger charge is -2.36. The minimum Gasteiger partial charge on any atom is -0.492 e. The molecule has 1 saturated heterocycles. The number of rotatable bonds is 3. The first-order valence-electron chi connectivity index (χ1n) is 8.25. The van der Waals surface area contributed by atoms with E-state index in [9.17, 15) is 14.6 Å². The normalized spacial score (nSPS) is 18.0. The van der Waals surface area contributed by atoms with Gasteiger partial charge in [-0.15, -0.1) is 5.10 Å². The second-order valence-electron chi connectivity index (χ2n) is 6.36. The molecule has 132 valence electrons. The third-order valence-electron chi connectivity index (χ3n) is 4.60. The molecule has 1 aliphatic heterocycles. The quantitative estimate of drug-likeness (QED) is 0.749. The van der Waals surface area contributed by atoms with E-state index in [0.717, 1.165) is 10.4 Å². The highest BCUT2D eigenvalue weighted by atomic mass is 32.1. The molecule has 1 aliphatic rings. The lowest BCUT2D eigenvalue weighted by Crippen LogP contribution is -2.38. The molecule has 0 saturated carbocycles. The summed E-state index contributed by atoms with van der Waals surface area (Å²) in [6, 6.07) is 6.12. The number of aliphatic hydroxyl groups excluding tert-OH is 1. The fraction of sp³-hybridized carbons (Fsp3) is 0.412. The number of fused-ring (bicyclic) bond motifs is 1. The van der Waals surface area contributed by atoms with Crippen molar-refractivity contribution in [1.82, 2.24) is 19.5 Å². The van der Waals surface area contributed by atoms with Crippen LogP contribution in [0.15, 0.2) is 24.3 Å². The molecule has 8 heteroatoms. The molecule has 2 aromatic heterocycles. The van der Waals surface area contributed by atoms with Crippen LogP contribution in [-0.4, -0.2) is 48.9 Å². The molecule has 0 radical (unpaired) electrons. The molecule has 1 unspecified atom stereocenters. The number of thiazole rings is 1. The van der Waals surface area contributed by atoms with E-state index < -0.39 is 0 Å². The monoisotopic (exact) mass is 362 g/mol. The molecular formula is C17H19FN4O2S. The van der Waals surface area contributed by atoms with Gasteiger partial charge in [-0.05, 0) is 37.5 Å². The molecule has 1 atom stereocenters. The van der Waals surface area contributed by atoms with Crippen LogP contribution in [0.1, 0.15) is 35.1 Å². The second kappa shape index (κ2) is 6.36. The molecule has 0 bridgehead atoms. The van der Waals surface area contributed by atoms with Gasteiger partial charge in [0.1, 0.15) is 11.6 Å². The van der Waals surface area contributed by atoms with Crippen molar-refractivity contribution < 1.29 is 14.6 Å². The first kappa shape index (κ1) is 16.4. The van der Waals surface area contributed by atoms with Crippen molar-refractivity contribution in [3.05, 3.63) is 46.3 Å². The lowest BCUT2D eigenvalue weighted by molar-refractivity contribution is 0.0689. The third kappa shape index (κ3) is 3.01. The second-order valence-corrected chi connectivity index (χ2v) is 7.37. The number of aromatic nitrogens is 3. The summed E-state index contributed by atoms with van der Waals surface area (Å²) in [6.45, 7) is 3.19. The van der Waals surface area contributed by atoms with Gasteiger partial charge in [-0.1, -0.05) is 23.5 Å². The highest BCUT2D eigenvalue weighted by molar-refractivity contribution is 7.17. The van der Waals surface area contributed by atoms with Crippen molar-refractivity contribution in [2.24, 2.45) is 0 Å². The first-order valence-corrected chi connectivity index (χ1v) is 9.07.